The van der Waals surface area contributed by atoms with E-state index in [4.69, 9.17) is 9.47 Å². The maximum Gasteiger partial charge on any atom is 0.258 e. The first-order chi connectivity index (χ1) is 13.1. The summed E-state index contributed by atoms with van der Waals surface area (Å²) in [6.07, 6.45) is 1.74. The van der Waals surface area contributed by atoms with Crippen LogP contribution in [0.4, 0.5) is 0 Å². The van der Waals surface area contributed by atoms with Gasteiger partial charge in [-0.15, -0.1) is 0 Å². The van der Waals surface area contributed by atoms with Gasteiger partial charge in [-0.05, 0) is 35.7 Å². The molecule has 5 nitrogen and oxygen atoms in total. The number of hydrogen-bond acceptors (Lipinski definition) is 4. The van der Waals surface area contributed by atoms with Crippen LogP contribution < -0.4 is 14.8 Å². The Balaban J connectivity index is 1.40. The fraction of sp³-hybridized carbons (Fsp3) is 0.273. The summed E-state index contributed by atoms with van der Waals surface area (Å²) in [5, 5.41) is 3.82. The lowest BCUT2D eigenvalue weighted by Gasteiger charge is -2.11. The van der Waals surface area contributed by atoms with E-state index in [1.165, 1.54) is 5.56 Å². The Bertz CT molecular complexity index is 886. The van der Waals surface area contributed by atoms with E-state index in [0.29, 0.717) is 30.6 Å². The van der Waals surface area contributed by atoms with E-state index in [0.717, 1.165) is 10.9 Å². The summed E-state index contributed by atoms with van der Waals surface area (Å²) in [5.74, 6) is 1.69. The molecule has 0 radical (unpaired) electrons. The second-order valence-corrected chi connectivity index (χ2v) is 6.54. The van der Waals surface area contributed by atoms with Crippen LogP contribution in [-0.4, -0.2) is 30.6 Å². The Labute approximate surface area is 159 Å². The predicted octanol–water partition coefficient (Wildman–Crippen LogP) is 3.93. The molecule has 0 unspecified atom stereocenters. The van der Waals surface area contributed by atoms with Crippen molar-refractivity contribution in [3.63, 3.8) is 0 Å². The highest BCUT2D eigenvalue weighted by atomic mass is 16.5. The van der Waals surface area contributed by atoms with Crippen molar-refractivity contribution < 1.29 is 14.3 Å². The minimum Gasteiger partial charge on any atom is -0.489 e. The number of rotatable bonds is 8. The summed E-state index contributed by atoms with van der Waals surface area (Å²) in [6, 6.07) is 17.5. The highest BCUT2D eigenvalue weighted by molar-refractivity contribution is 5.84. The second kappa shape index (κ2) is 9.03. The van der Waals surface area contributed by atoms with Crippen LogP contribution in [0.15, 0.2) is 60.8 Å². The van der Waals surface area contributed by atoms with Gasteiger partial charge in [-0.2, -0.15) is 0 Å². The van der Waals surface area contributed by atoms with Crippen LogP contribution in [0.5, 0.6) is 11.5 Å². The lowest BCUT2D eigenvalue weighted by molar-refractivity contribution is -0.123. The van der Waals surface area contributed by atoms with Crippen LogP contribution in [0, 0.1) is 0 Å². The van der Waals surface area contributed by atoms with Gasteiger partial charge >= 0.3 is 0 Å². The van der Waals surface area contributed by atoms with Crippen molar-refractivity contribution in [2.24, 2.45) is 0 Å². The quantitative estimate of drug-likeness (QED) is 0.615. The van der Waals surface area contributed by atoms with Gasteiger partial charge in [0.1, 0.15) is 23.6 Å². The predicted molar refractivity (Wildman–Crippen MR) is 106 cm³/mol. The fourth-order valence-corrected chi connectivity index (χ4v) is 2.69. The highest BCUT2D eigenvalue weighted by Gasteiger charge is 2.05. The molecule has 3 rings (SSSR count). The molecule has 0 fully saturated rings. The van der Waals surface area contributed by atoms with E-state index in [1.807, 2.05) is 54.6 Å². The molecule has 0 aliphatic heterocycles. The van der Waals surface area contributed by atoms with E-state index in [-0.39, 0.29) is 12.5 Å². The molecule has 5 heteroatoms. The third-order valence-corrected chi connectivity index (χ3v) is 4.19. The fourth-order valence-electron chi connectivity index (χ4n) is 2.69. The number of hydrogen-bond donors (Lipinski definition) is 1. The molecule has 1 aromatic heterocycles. The summed E-state index contributed by atoms with van der Waals surface area (Å²) >= 11 is 0. The molecule has 140 valence electrons. The number of pyridine rings is 1. The summed E-state index contributed by atoms with van der Waals surface area (Å²) in [6.45, 7) is 5.03. The number of aromatic nitrogens is 1. The molecule has 2 aromatic carbocycles. The summed E-state index contributed by atoms with van der Waals surface area (Å²) in [5.41, 5.74) is 2.06. The molecule has 1 N–H and O–H groups in total. The van der Waals surface area contributed by atoms with E-state index in [9.17, 15) is 4.79 Å². The Hall–Kier alpha value is -3.08. The van der Waals surface area contributed by atoms with Gasteiger partial charge in [-0.3, -0.25) is 9.78 Å². The zero-order valence-electron chi connectivity index (χ0n) is 15.6. The molecular formula is C22H24N2O3. The largest absolute Gasteiger partial charge is 0.489 e. The number of fused-ring (bicyclic) bond motifs is 1. The lowest BCUT2D eigenvalue weighted by atomic mass is 10.0. The second-order valence-electron chi connectivity index (χ2n) is 6.54. The van der Waals surface area contributed by atoms with Crippen LogP contribution >= 0.6 is 0 Å². The van der Waals surface area contributed by atoms with Gasteiger partial charge in [-0.25, -0.2) is 0 Å². The lowest BCUT2D eigenvalue weighted by Crippen LogP contribution is -2.32. The zero-order chi connectivity index (χ0) is 19.1. The monoisotopic (exact) mass is 364 g/mol. The van der Waals surface area contributed by atoms with Crippen LogP contribution in [0.2, 0.25) is 0 Å². The average Bonchev–Trinajstić information content (AvgIpc) is 2.70. The molecule has 27 heavy (non-hydrogen) atoms. The number of amides is 1. The number of benzene rings is 2. The molecule has 1 amide bonds. The third-order valence-electron chi connectivity index (χ3n) is 4.19. The Morgan fingerprint density at radius 3 is 2.59 bits per heavy atom. The third kappa shape index (κ3) is 5.20. The molecule has 0 saturated carbocycles. The molecular weight excluding hydrogens is 340 g/mol. The smallest absolute Gasteiger partial charge is 0.258 e. The molecule has 1 heterocycles. The van der Waals surface area contributed by atoms with E-state index >= 15 is 0 Å². The number of ether oxygens (including phenoxy) is 2. The number of carbonyl (C=O) groups is 1. The standard InChI is InChI=1S/C22H24N2O3/c1-16(2)17-8-10-19(11-9-17)27-15-21(25)23-13-14-26-20-7-3-5-18-6-4-12-24-22(18)20/h3-12,16H,13-15H2,1-2H3,(H,23,25). The zero-order valence-corrected chi connectivity index (χ0v) is 15.6. The minimum atomic E-state index is -0.178. The van der Waals surface area contributed by atoms with Crippen molar-refractivity contribution in [3.8, 4) is 11.5 Å². The normalized spacial score (nSPS) is 10.8. The number of carbonyl (C=O) groups excluding carboxylic acids is 1. The SMILES string of the molecule is CC(C)c1ccc(OCC(=O)NCCOc2cccc3cccnc23)cc1. The van der Waals surface area contributed by atoms with Gasteiger partial charge in [-0.1, -0.05) is 44.2 Å². The summed E-state index contributed by atoms with van der Waals surface area (Å²) < 4.78 is 11.3. The molecule has 0 saturated heterocycles. The molecule has 3 aromatic rings. The number of nitrogens with zero attached hydrogens (tertiary/aromatic N) is 1. The van der Waals surface area contributed by atoms with Gasteiger partial charge in [0, 0.05) is 11.6 Å². The molecule has 0 spiro atoms. The van der Waals surface area contributed by atoms with Crippen molar-refractivity contribution in [2.75, 3.05) is 19.8 Å². The van der Waals surface area contributed by atoms with Crippen LogP contribution in [0.25, 0.3) is 10.9 Å². The van der Waals surface area contributed by atoms with Crippen LogP contribution in [0.1, 0.15) is 25.3 Å². The van der Waals surface area contributed by atoms with E-state index in [1.54, 1.807) is 6.20 Å². The van der Waals surface area contributed by atoms with Gasteiger partial charge < -0.3 is 14.8 Å². The van der Waals surface area contributed by atoms with Crippen LogP contribution in [0.3, 0.4) is 0 Å². The maximum absolute atomic E-state index is 11.9. The number of nitrogens with one attached hydrogen (secondary N) is 1. The Morgan fingerprint density at radius 2 is 1.81 bits per heavy atom. The molecule has 0 bridgehead atoms. The van der Waals surface area contributed by atoms with Gasteiger partial charge in [0.05, 0.1) is 6.54 Å². The van der Waals surface area contributed by atoms with Crippen molar-refractivity contribution >= 4 is 16.8 Å². The molecule has 0 aliphatic carbocycles. The first kappa shape index (κ1) is 18.7. The number of para-hydroxylation sites is 1. The topological polar surface area (TPSA) is 60.5 Å². The molecule has 0 aliphatic rings. The van der Waals surface area contributed by atoms with Gasteiger partial charge in [0.25, 0.3) is 5.91 Å². The maximum atomic E-state index is 11.9. The first-order valence-electron chi connectivity index (χ1n) is 9.09. The van der Waals surface area contributed by atoms with Crippen LogP contribution in [-0.2, 0) is 4.79 Å². The van der Waals surface area contributed by atoms with Gasteiger partial charge in [0.2, 0.25) is 0 Å². The van der Waals surface area contributed by atoms with Crippen molar-refractivity contribution in [2.45, 2.75) is 19.8 Å². The van der Waals surface area contributed by atoms with Crippen molar-refractivity contribution in [1.29, 1.82) is 0 Å². The minimum absolute atomic E-state index is 0.0170. The average molecular weight is 364 g/mol. The molecule has 0 atom stereocenters. The first-order valence-corrected chi connectivity index (χ1v) is 9.09. The van der Waals surface area contributed by atoms with Gasteiger partial charge in [0.15, 0.2) is 6.61 Å². The van der Waals surface area contributed by atoms with E-state index < -0.39 is 0 Å². The van der Waals surface area contributed by atoms with Crippen molar-refractivity contribution in [3.05, 3.63) is 66.4 Å². The Kier molecular flexibility index (Phi) is 6.26. The van der Waals surface area contributed by atoms with Crippen molar-refractivity contribution in [1.82, 2.24) is 10.3 Å². The summed E-state index contributed by atoms with van der Waals surface area (Å²) in [4.78, 5) is 16.3. The summed E-state index contributed by atoms with van der Waals surface area (Å²) in [7, 11) is 0. The highest BCUT2D eigenvalue weighted by Crippen LogP contribution is 2.22. The van der Waals surface area contributed by atoms with E-state index in [2.05, 4.69) is 24.1 Å². The Morgan fingerprint density at radius 1 is 1.04 bits per heavy atom.